The van der Waals surface area contributed by atoms with Gasteiger partial charge in [0.15, 0.2) is 6.04 Å². The minimum atomic E-state index is -0.475. The van der Waals surface area contributed by atoms with Gasteiger partial charge >= 0.3 is 0 Å². The molecule has 0 spiro atoms. The van der Waals surface area contributed by atoms with E-state index in [0.717, 1.165) is 34.6 Å². The molecule has 0 N–H and O–H groups in total. The topological polar surface area (TPSA) is 48.6 Å². The summed E-state index contributed by atoms with van der Waals surface area (Å²) in [4.78, 5) is 0. The highest BCUT2D eigenvalue weighted by Crippen LogP contribution is 2.39. The molecule has 3 aromatic carbocycles. The van der Waals surface area contributed by atoms with Gasteiger partial charge in [-0.1, -0.05) is 72.8 Å². The highest BCUT2D eigenvalue weighted by Gasteiger charge is 2.34. The van der Waals surface area contributed by atoms with Crippen molar-refractivity contribution >= 4 is 5.71 Å². The van der Waals surface area contributed by atoms with Gasteiger partial charge in [-0.2, -0.15) is 10.4 Å². The number of hydrogen-bond donors (Lipinski definition) is 0. The Hall–Kier alpha value is -3.58. The average Bonchev–Trinajstić information content (AvgIpc) is 3.21. The second kappa shape index (κ2) is 7.98. The molecule has 4 nitrogen and oxygen atoms in total. The van der Waals surface area contributed by atoms with Crippen LogP contribution in [0.3, 0.4) is 0 Å². The van der Waals surface area contributed by atoms with Gasteiger partial charge in [0.25, 0.3) is 0 Å². The first-order valence-electron chi connectivity index (χ1n) is 9.30. The monoisotopic (exact) mass is 367 g/mol. The van der Waals surface area contributed by atoms with Crippen LogP contribution in [0.5, 0.6) is 5.75 Å². The second-order valence-electron chi connectivity index (χ2n) is 6.73. The Bertz CT molecular complexity index is 992. The summed E-state index contributed by atoms with van der Waals surface area (Å²) in [6.45, 7) is 0. The molecule has 4 rings (SSSR count). The fraction of sp³-hybridized carbons (Fsp3) is 0.167. The molecular formula is C24H21N3O. The molecule has 0 aromatic heterocycles. The third-order valence-corrected chi connectivity index (χ3v) is 5.05. The summed E-state index contributed by atoms with van der Waals surface area (Å²) in [6, 6.07) is 30.1. The van der Waals surface area contributed by atoms with Gasteiger partial charge in [0, 0.05) is 6.42 Å². The van der Waals surface area contributed by atoms with Crippen LogP contribution in [0.1, 0.15) is 35.2 Å². The van der Waals surface area contributed by atoms with Crippen LogP contribution in [0.15, 0.2) is 90.0 Å². The fourth-order valence-electron chi connectivity index (χ4n) is 3.59. The average molecular weight is 367 g/mol. The van der Waals surface area contributed by atoms with Crippen LogP contribution in [-0.4, -0.2) is 17.8 Å². The Labute approximate surface area is 165 Å². The zero-order chi connectivity index (χ0) is 19.3. The molecule has 3 aromatic rings. The maximum absolute atomic E-state index is 10.00. The van der Waals surface area contributed by atoms with Crippen molar-refractivity contribution in [3.63, 3.8) is 0 Å². The Morgan fingerprint density at radius 1 is 0.964 bits per heavy atom. The van der Waals surface area contributed by atoms with Crippen molar-refractivity contribution in [3.05, 3.63) is 102 Å². The number of rotatable bonds is 5. The predicted octanol–water partition coefficient (Wildman–Crippen LogP) is 5.11. The molecule has 1 heterocycles. The Morgan fingerprint density at radius 2 is 1.61 bits per heavy atom. The number of nitrogens with zero attached hydrogens (tertiary/aromatic N) is 3. The smallest absolute Gasteiger partial charge is 0.159 e. The molecule has 1 aliphatic rings. The lowest BCUT2D eigenvalue weighted by Gasteiger charge is -2.28. The molecule has 0 aliphatic carbocycles. The first kappa shape index (κ1) is 17.8. The molecule has 0 amide bonds. The van der Waals surface area contributed by atoms with Crippen molar-refractivity contribution in [2.24, 2.45) is 5.10 Å². The van der Waals surface area contributed by atoms with Gasteiger partial charge in [-0.3, -0.25) is 5.01 Å². The van der Waals surface area contributed by atoms with E-state index in [1.807, 2.05) is 65.7 Å². The second-order valence-corrected chi connectivity index (χ2v) is 6.73. The number of ether oxygens (including phenoxy) is 1. The first-order valence-corrected chi connectivity index (χ1v) is 9.30. The van der Waals surface area contributed by atoms with Crippen LogP contribution in [0.25, 0.3) is 0 Å². The van der Waals surface area contributed by atoms with E-state index in [0.29, 0.717) is 0 Å². The molecule has 28 heavy (non-hydrogen) atoms. The molecule has 2 atom stereocenters. The lowest BCUT2D eigenvalue weighted by Crippen LogP contribution is -2.24. The summed E-state index contributed by atoms with van der Waals surface area (Å²) in [5.74, 6) is 0.773. The van der Waals surface area contributed by atoms with Crippen molar-refractivity contribution in [1.29, 1.82) is 5.26 Å². The SMILES string of the molecule is COc1ccc([C@H](C#N)N2N=C(c3ccccc3)C[C@@H]2c2ccccc2)cc1. The van der Waals surface area contributed by atoms with E-state index in [4.69, 9.17) is 9.84 Å². The quantitative estimate of drug-likeness (QED) is 0.629. The molecule has 0 saturated heterocycles. The minimum absolute atomic E-state index is 0.0168. The molecular weight excluding hydrogens is 346 g/mol. The number of nitriles is 1. The molecule has 0 radical (unpaired) electrons. The molecule has 0 bridgehead atoms. The maximum Gasteiger partial charge on any atom is 0.159 e. The normalized spacial score (nSPS) is 16.9. The molecule has 138 valence electrons. The van der Waals surface area contributed by atoms with Gasteiger partial charge in [0.05, 0.1) is 24.9 Å². The summed E-state index contributed by atoms with van der Waals surface area (Å²) in [5, 5.41) is 16.8. The third-order valence-electron chi connectivity index (χ3n) is 5.05. The predicted molar refractivity (Wildman–Crippen MR) is 110 cm³/mol. The van der Waals surface area contributed by atoms with E-state index in [1.54, 1.807) is 7.11 Å². The van der Waals surface area contributed by atoms with E-state index in [2.05, 4.69) is 30.3 Å². The van der Waals surface area contributed by atoms with E-state index in [9.17, 15) is 5.26 Å². The summed E-state index contributed by atoms with van der Waals surface area (Å²) in [5.41, 5.74) is 4.16. The number of benzene rings is 3. The van der Waals surface area contributed by atoms with Crippen molar-refractivity contribution in [3.8, 4) is 11.8 Å². The summed E-state index contributed by atoms with van der Waals surface area (Å²) >= 11 is 0. The molecule has 1 aliphatic heterocycles. The first-order chi connectivity index (χ1) is 13.8. The van der Waals surface area contributed by atoms with E-state index < -0.39 is 6.04 Å². The highest BCUT2D eigenvalue weighted by molar-refractivity contribution is 6.01. The fourth-order valence-corrected chi connectivity index (χ4v) is 3.59. The van der Waals surface area contributed by atoms with Gasteiger partial charge < -0.3 is 4.74 Å². The lowest BCUT2D eigenvalue weighted by atomic mass is 9.97. The number of hydrazone groups is 1. The van der Waals surface area contributed by atoms with Crippen LogP contribution in [0.4, 0.5) is 0 Å². The molecule has 4 heteroatoms. The van der Waals surface area contributed by atoms with Crippen LogP contribution in [0, 0.1) is 11.3 Å². The standard InChI is InChI=1S/C24H21N3O/c1-28-21-14-12-20(13-15-21)24(17-25)27-23(19-10-6-3-7-11-19)16-22(26-27)18-8-4-2-5-9-18/h2-15,23-24H,16H2,1H3/t23-,24+/m1/s1. The largest absolute Gasteiger partial charge is 0.497 e. The van der Waals surface area contributed by atoms with Crippen LogP contribution in [-0.2, 0) is 0 Å². The van der Waals surface area contributed by atoms with Crippen LogP contribution in [0.2, 0.25) is 0 Å². The van der Waals surface area contributed by atoms with Gasteiger partial charge in [-0.05, 0) is 28.8 Å². The van der Waals surface area contributed by atoms with Crippen LogP contribution >= 0.6 is 0 Å². The Balaban J connectivity index is 1.74. The van der Waals surface area contributed by atoms with Crippen molar-refractivity contribution in [1.82, 2.24) is 5.01 Å². The van der Waals surface area contributed by atoms with Gasteiger partial charge in [-0.25, -0.2) is 0 Å². The van der Waals surface area contributed by atoms with E-state index >= 15 is 0 Å². The molecule has 0 unspecified atom stereocenters. The summed E-state index contributed by atoms with van der Waals surface area (Å²) in [7, 11) is 1.64. The molecule has 0 saturated carbocycles. The number of methoxy groups -OCH3 is 1. The summed E-state index contributed by atoms with van der Waals surface area (Å²) < 4.78 is 5.25. The maximum atomic E-state index is 10.00. The van der Waals surface area contributed by atoms with E-state index in [-0.39, 0.29) is 6.04 Å². The van der Waals surface area contributed by atoms with Gasteiger partial charge in [0.2, 0.25) is 0 Å². The van der Waals surface area contributed by atoms with Crippen molar-refractivity contribution in [2.45, 2.75) is 18.5 Å². The van der Waals surface area contributed by atoms with Gasteiger partial charge in [-0.15, -0.1) is 0 Å². The number of hydrogen-bond acceptors (Lipinski definition) is 4. The van der Waals surface area contributed by atoms with Gasteiger partial charge in [0.1, 0.15) is 5.75 Å². The Morgan fingerprint density at radius 3 is 2.21 bits per heavy atom. The summed E-state index contributed by atoms with van der Waals surface area (Å²) in [6.07, 6.45) is 0.766. The van der Waals surface area contributed by atoms with Crippen LogP contribution < -0.4 is 4.74 Å². The zero-order valence-corrected chi connectivity index (χ0v) is 15.7. The van der Waals surface area contributed by atoms with E-state index in [1.165, 1.54) is 0 Å². The minimum Gasteiger partial charge on any atom is -0.497 e. The lowest BCUT2D eigenvalue weighted by molar-refractivity contribution is 0.196. The van der Waals surface area contributed by atoms with Crippen molar-refractivity contribution in [2.75, 3.05) is 7.11 Å². The third kappa shape index (κ3) is 3.47. The molecule has 0 fully saturated rings. The highest BCUT2D eigenvalue weighted by atomic mass is 16.5. The zero-order valence-electron chi connectivity index (χ0n) is 15.7. The van der Waals surface area contributed by atoms with Crippen molar-refractivity contribution < 1.29 is 4.74 Å². The Kier molecular flexibility index (Phi) is 5.07.